The van der Waals surface area contributed by atoms with Crippen molar-refractivity contribution in [3.63, 3.8) is 0 Å². The normalized spacial score (nSPS) is 10.6. The number of aromatic amines is 1. The lowest BCUT2D eigenvalue weighted by Gasteiger charge is -2.00. The fraction of sp³-hybridized carbons (Fsp3) is 0.0714. The number of nitrogens with one attached hydrogen (secondary N) is 1. The number of H-pyrrole nitrogens is 1. The Morgan fingerprint density at radius 1 is 1.32 bits per heavy atom. The number of hydrogen-bond acceptors (Lipinski definition) is 3. The molecule has 0 spiro atoms. The van der Waals surface area contributed by atoms with Gasteiger partial charge in [0.15, 0.2) is 0 Å². The number of aromatic nitrogens is 3. The number of imidazole rings is 1. The molecule has 3 rings (SSSR count). The second-order valence-corrected chi connectivity index (χ2v) is 4.64. The molecule has 0 saturated carbocycles. The van der Waals surface area contributed by atoms with Gasteiger partial charge in [-0.1, -0.05) is 11.6 Å². The maximum absolute atomic E-state index is 8.88. The third-order valence-electron chi connectivity index (χ3n) is 2.86. The van der Waals surface area contributed by atoms with Gasteiger partial charge in [-0.25, -0.2) is 4.98 Å². The Kier molecular flexibility index (Phi) is 2.69. The van der Waals surface area contributed by atoms with Crippen LogP contribution in [0.5, 0.6) is 0 Å². The van der Waals surface area contributed by atoms with Crippen molar-refractivity contribution in [3.8, 4) is 17.5 Å². The van der Waals surface area contributed by atoms with Gasteiger partial charge in [0, 0.05) is 11.9 Å². The molecule has 0 atom stereocenters. The zero-order chi connectivity index (χ0) is 13.4. The Morgan fingerprint density at radius 3 is 2.89 bits per heavy atom. The lowest BCUT2D eigenvalue weighted by atomic mass is 10.2. The number of fused-ring (bicyclic) bond motifs is 1. The van der Waals surface area contributed by atoms with Crippen molar-refractivity contribution >= 4 is 22.6 Å². The SMILES string of the molecule is Cc1cc(Cl)c(-c2nc3ccc(C#N)cc3[nH]2)cn1. The molecule has 1 aromatic carbocycles. The van der Waals surface area contributed by atoms with Crippen LogP contribution in [0.2, 0.25) is 5.02 Å². The number of aryl methyl sites for hydroxylation is 1. The molecule has 4 nitrogen and oxygen atoms in total. The number of hydrogen-bond donors (Lipinski definition) is 1. The predicted molar refractivity (Wildman–Crippen MR) is 73.8 cm³/mol. The highest BCUT2D eigenvalue weighted by Crippen LogP contribution is 2.27. The maximum Gasteiger partial charge on any atom is 0.141 e. The van der Waals surface area contributed by atoms with Gasteiger partial charge >= 0.3 is 0 Å². The monoisotopic (exact) mass is 268 g/mol. The average molecular weight is 269 g/mol. The summed E-state index contributed by atoms with van der Waals surface area (Å²) in [7, 11) is 0. The van der Waals surface area contributed by atoms with Crippen LogP contribution in [0.3, 0.4) is 0 Å². The lowest BCUT2D eigenvalue weighted by molar-refractivity contribution is 1.19. The highest BCUT2D eigenvalue weighted by Gasteiger charge is 2.10. The van der Waals surface area contributed by atoms with E-state index in [-0.39, 0.29) is 0 Å². The minimum absolute atomic E-state index is 0.593. The second-order valence-electron chi connectivity index (χ2n) is 4.23. The third-order valence-corrected chi connectivity index (χ3v) is 3.17. The van der Waals surface area contributed by atoms with E-state index < -0.39 is 0 Å². The lowest BCUT2D eigenvalue weighted by Crippen LogP contribution is -1.86. The number of halogens is 1. The highest BCUT2D eigenvalue weighted by atomic mass is 35.5. The summed E-state index contributed by atoms with van der Waals surface area (Å²) in [6.07, 6.45) is 1.70. The number of nitriles is 1. The molecule has 0 unspecified atom stereocenters. The summed E-state index contributed by atoms with van der Waals surface area (Å²) in [5.41, 5.74) is 3.81. The van der Waals surface area contributed by atoms with Crippen LogP contribution in [0.25, 0.3) is 22.4 Å². The van der Waals surface area contributed by atoms with Crippen molar-refractivity contribution in [1.29, 1.82) is 5.26 Å². The average Bonchev–Trinajstić information content (AvgIpc) is 2.80. The zero-order valence-electron chi connectivity index (χ0n) is 10.1. The summed E-state index contributed by atoms with van der Waals surface area (Å²) in [5, 5.41) is 9.48. The Hall–Kier alpha value is -2.38. The molecule has 1 N–H and O–H groups in total. The van der Waals surface area contributed by atoms with Gasteiger partial charge < -0.3 is 4.98 Å². The molecular formula is C14H9ClN4. The Balaban J connectivity index is 2.18. The van der Waals surface area contributed by atoms with Crippen LogP contribution in [0.1, 0.15) is 11.3 Å². The van der Waals surface area contributed by atoms with E-state index in [1.54, 1.807) is 24.4 Å². The first-order valence-electron chi connectivity index (χ1n) is 5.70. The van der Waals surface area contributed by atoms with Crippen molar-refractivity contribution in [2.24, 2.45) is 0 Å². The predicted octanol–water partition coefficient (Wildman–Crippen LogP) is 3.46. The van der Waals surface area contributed by atoms with Gasteiger partial charge in [0.1, 0.15) is 5.82 Å². The van der Waals surface area contributed by atoms with Crippen LogP contribution in [-0.4, -0.2) is 15.0 Å². The third kappa shape index (κ3) is 2.05. The Morgan fingerprint density at radius 2 is 2.16 bits per heavy atom. The number of benzene rings is 1. The molecule has 0 fully saturated rings. The van der Waals surface area contributed by atoms with Crippen LogP contribution < -0.4 is 0 Å². The van der Waals surface area contributed by atoms with Crippen molar-refractivity contribution in [2.75, 3.05) is 0 Å². The first-order chi connectivity index (χ1) is 9.17. The molecule has 92 valence electrons. The van der Waals surface area contributed by atoms with Crippen LogP contribution in [0.15, 0.2) is 30.5 Å². The quantitative estimate of drug-likeness (QED) is 0.735. The molecular weight excluding hydrogens is 260 g/mol. The summed E-state index contributed by atoms with van der Waals surface area (Å²) in [4.78, 5) is 11.8. The molecule has 0 bridgehead atoms. The van der Waals surface area contributed by atoms with Crippen molar-refractivity contribution in [2.45, 2.75) is 6.92 Å². The molecule has 0 radical (unpaired) electrons. The van der Waals surface area contributed by atoms with Gasteiger partial charge in [-0.05, 0) is 31.2 Å². The smallest absolute Gasteiger partial charge is 0.141 e. The van der Waals surface area contributed by atoms with E-state index in [0.717, 1.165) is 22.3 Å². The fourth-order valence-corrected chi connectivity index (χ4v) is 2.20. The standard InChI is InChI=1S/C14H9ClN4/c1-8-4-11(15)10(7-17-8)14-18-12-3-2-9(6-16)5-13(12)19-14/h2-5,7H,1H3,(H,18,19). The Bertz CT molecular complexity index is 814. The van der Waals surface area contributed by atoms with Gasteiger partial charge in [-0.15, -0.1) is 0 Å². The molecule has 0 amide bonds. The molecule has 5 heteroatoms. The molecule has 0 aliphatic carbocycles. The van der Waals surface area contributed by atoms with E-state index in [1.807, 2.05) is 13.0 Å². The second kappa shape index (κ2) is 4.38. The van der Waals surface area contributed by atoms with Gasteiger partial charge in [-0.3, -0.25) is 4.98 Å². The summed E-state index contributed by atoms with van der Waals surface area (Å²) in [6.45, 7) is 1.88. The van der Waals surface area contributed by atoms with Crippen molar-refractivity contribution < 1.29 is 0 Å². The van der Waals surface area contributed by atoms with E-state index in [9.17, 15) is 0 Å². The minimum Gasteiger partial charge on any atom is -0.338 e. The molecule has 0 aliphatic heterocycles. The molecule has 2 heterocycles. The molecule has 2 aromatic heterocycles. The zero-order valence-corrected chi connectivity index (χ0v) is 10.9. The van der Waals surface area contributed by atoms with Gasteiger partial charge in [0.05, 0.1) is 33.3 Å². The largest absolute Gasteiger partial charge is 0.338 e. The van der Waals surface area contributed by atoms with Crippen LogP contribution in [0, 0.1) is 18.3 Å². The summed E-state index contributed by atoms with van der Waals surface area (Å²) in [6, 6.07) is 9.21. The minimum atomic E-state index is 0.593. The molecule has 0 aliphatic rings. The first kappa shape index (κ1) is 11.7. The summed E-state index contributed by atoms with van der Waals surface area (Å²) >= 11 is 6.20. The summed E-state index contributed by atoms with van der Waals surface area (Å²) < 4.78 is 0. The number of nitrogens with zero attached hydrogens (tertiary/aromatic N) is 3. The number of rotatable bonds is 1. The fourth-order valence-electron chi connectivity index (χ4n) is 1.91. The highest BCUT2D eigenvalue weighted by molar-refractivity contribution is 6.33. The van der Waals surface area contributed by atoms with E-state index >= 15 is 0 Å². The molecule has 19 heavy (non-hydrogen) atoms. The molecule has 0 saturated heterocycles. The van der Waals surface area contributed by atoms with E-state index in [0.29, 0.717) is 16.4 Å². The van der Waals surface area contributed by atoms with Gasteiger partial charge in [0.25, 0.3) is 0 Å². The first-order valence-corrected chi connectivity index (χ1v) is 6.07. The van der Waals surface area contributed by atoms with Crippen molar-refractivity contribution in [1.82, 2.24) is 15.0 Å². The van der Waals surface area contributed by atoms with Gasteiger partial charge in [0.2, 0.25) is 0 Å². The van der Waals surface area contributed by atoms with Gasteiger partial charge in [-0.2, -0.15) is 5.26 Å². The Labute approximate surface area is 114 Å². The topological polar surface area (TPSA) is 65.4 Å². The summed E-state index contributed by atoms with van der Waals surface area (Å²) in [5.74, 6) is 0.655. The number of pyridine rings is 1. The van der Waals surface area contributed by atoms with Crippen LogP contribution in [0.4, 0.5) is 0 Å². The molecule has 3 aromatic rings. The van der Waals surface area contributed by atoms with Crippen molar-refractivity contribution in [3.05, 3.63) is 46.7 Å². The van der Waals surface area contributed by atoms with E-state index in [1.165, 1.54) is 0 Å². The van der Waals surface area contributed by atoms with Crippen LogP contribution in [-0.2, 0) is 0 Å². The van der Waals surface area contributed by atoms with Crippen LogP contribution >= 0.6 is 11.6 Å². The van der Waals surface area contributed by atoms with E-state index in [2.05, 4.69) is 21.0 Å². The van der Waals surface area contributed by atoms with E-state index in [4.69, 9.17) is 16.9 Å². The maximum atomic E-state index is 8.88.